The lowest BCUT2D eigenvalue weighted by Gasteiger charge is -2.40. The van der Waals surface area contributed by atoms with Gasteiger partial charge in [0.1, 0.15) is 19.3 Å². The quantitative estimate of drug-likeness (QED) is 0.428. The number of carbonyl (C=O) groups is 4. The van der Waals surface area contributed by atoms with Gasteiger partial charge < -0.3 is 23.7 Å². The monoisotopic (exact) mass is 387 g/mol. The average molecular weight is 387 g/mol. The first kappa shape index (κ1) is 22.9. The maximum absolute atomic E-state index is 11.9. The van der Waals surface area contributed by atoms with Crippen molar-refractivity contribution in [1.82, 2.24) is 0 Å². The zero-order valence-electron chi connectivity index (χ0n) is 16.1. The summed E-state index contributed by atoms with van der Waals surface area (Å²) in [6, 6.07) is 0. The first-order valence-corrected chi connectivity index (χ1v) is 9.08. The van der Waals surface area contributed by atoms with Crippen LogP contribution in [-0.4, -0.2) is 54.9 Å². The maximum Gasteiger partial charge on any atom is 0.306 e. The van der Waals surface area contributed by atoms with Crippen molar-refractivity contribution in [3.8, 4) is 0 Å². The van der Waals surface area contributed by atoms with Gasteiger partial charge in [0.25, 0.3) is 0 Å². The SMILES string of the molecule is CCC(=O)OC[C@H]1O[CH][C@H](OC(=O)CC)[C@@H](OC(=O)CC)[C@H]1OC(=O)CC. The van der Waals surface area contributed by atoms with Crippen molar-refractivity contribution in [1.29, 1.82) is 0 Å². The summed E-state index contributed by atoms with van der Waals surface area (Å²) in [6.07, 6.45) is -3.73. The highest BCUT2D eigenvalue weighted by Gasteiger charge is 2.48. The van der Waals surface area contributed by atoms with Crippen LogP contribution < -0.4 is 0 Å². The number of esters is 4. The number of hydrogen-bond donors (Lipinski definition) is 0. The van der Waals surface area contributed by atoms with Crippen molar-refractivity contribution in [3.05, 3.63) is 6.61 Å². The molecule has 0 aliphatic carbocycles. The highest BCUT2D eigenvalue weighted by atomic mass is 16.7. The lowest BCUT2D eigenvalue weighted by atomic mass is 9.99. The molecule has 1 aliphatic heterocycles. The van der Waals surface area contributed by atoms with Gasteiger partial charge in [0.15, 0.2) is 18.3 Å². The molecule has 0 aromatic carbocycles. The van der Waals surface area contributed by atoms with Gasteiger partial charge >= 0.3 is 23.9 Å². The maximum atomic E-state index is 11.9. The summed E-state index contributed by atoms with van der Waals surface area (Å²) in [7, 11) is 0. The van der Waals surface area contributed by atoms with Crippen LogP contribution in [-0.2, 0) is 42.9 Å². The van der Waals surface area contributed by atoms with Crippen molar-refractivity contribution >= 4 is 23.9 Å². The van der Waals surface area contributed by atoms with Crippen molar-refractivity contribution in [3.63, 3.8) is 0 Å². The highest BCUT2D eigenvalue weighted by Crippen LogP contribution is 2.27. The van der Waals surface area contributed by atoms with Gasteiger partial charge in [0, 0.05) is 25.7 Å². The summed E-state index contributed by atoms with van der Waals surface area (Å²) in [5, 5.41) is 0. The molecule has 0 saturated carbocycles. The fourth-order valence-electron chi connectivity index (χ4n) is 2.22. The Kier molecular flexibility index (Phi) is 9.77. The molecule has 9 heteroatoms. The van der Waals surface area contributed by atoms with E-state index >= 15 is 0 Å². The first-order valence-electron chi connectivity index (χ1n) is 9.08. The molecule has 0 bridgehead atoms. The van der Waals surface area contributed by atoms with Crippen LogP contribution >= 0.6 is 0 Å². The van der Waals surface area contributed by atoms with Crippen molar-refractivity contribution in [2.24, 2.45) is 0 Å². The second kappa shape index (κ2) is 11.5. The Bertz CT molecular complexity index is 531. The fourth-order valence-corrected chi connectivity index (χ4v) is 2.22. The van der Waals surface area contributed by atoms with E-state index in [0.29, 0.717) is 0 Å². The highest BCUT2D eigenvalue weighted by molar-refractivity contribution is 5.71. The molecular formula is C18H27O9. The first-order chi connectivity index (χ1) is 12.9. The molecule has 153 valence electrons. The smallest absolute Gasteiger partial charge is 0.306 e. The Hall–Kier alpha value is -2.16. The Balaban J connectivity index is 3.05. The molecule has 1 rings (SSSR count). The number of rotatable bonds is 9. The molecule has 0 unspecified atom stereocenters. The fraction of sp³-hybridized carbons (Fsp3) is 0.722. The summed E-state index contributed by atoms with van der Waals surface area (Å²) in [6.45, 7) is 7.44. The molecule has 1 aliphatic rings. The van der Waals surface area contributed by atoms with Gasteiger partial charge in [-0.3, -0.25) is 19.2 Å². The van der Waals surface area contributed by atoms with Gasteiger partial charge in [0.05, 0.1) is 0 Å². The zero-order valence-corrected chi connectivity index (χ0v) is 16.1. The minimum atomic E-state index is -1.11. The Morgan fingerprint density at radius 3 is 1.74 bits per heavy atom. The van der Waals surface area contributed by atoms with E-state index in [0.717, 1.165) is 0 Å². The van der Waals surface area contributed by atoms with E-state index in [1.54, 1.807) is 27.7 Å². The molecule has 0 aromatic rings. The topological polar surface area (TPSA) is 114 Å². The summed E-state index contributed by atoms with van der Waals surface area (Å²) in [5.41, 5.74) is 0. The summed E-state index contributed by atoms with van der Waals surface area (Å²) in [4.78, 5) is 46.8. The van der Waals surface area contributed by atoms with Crippen LogP contribution in [0.15, 0.2) is 0 Å². The van der Waals surface area contributed by atoms with Crippen LogP contribution in [0.3, 0.4) is 0 Å². The number of carbonyl (C=O) groups excluding carboxylic acids is 4. The number of hydrogen-bond acceptors (Lipinski definition) is 9. The van der Waals surface area contributed by atoms with E-state index < -0.39 is 48.3 Å². The van der Waals surface area contributed by atoms with Crippen LogP contribution in [0.4, 0.5) is 0 Å². The predicted octanol–water partition coefficient (Wildman–Crippen LogP) is 1.47. The Morgan fingerprint density at radius 1 is 0.741 bits per heavy atom. The molecular weight excluding hydrogens is 360 g/mol. The van der Waals surface area contributed by atoms with Gasteiger partial charge in [-0.05, 0) is 0 Å². The molecule has 1 radical (unpaired) electrons. The van der Waals surface area contributed by atoms with Crippen molar-refractivity contribution in [2.75, 3.05) is 6.61 Å². The normalized spacial score (nSPS) is 24.6. The van der Waals surface area contributed by atoms with Gasteiger partial charge in [-0.2, -0.15) is 0 Å². The predicted molar refractivity (Wildman–Crippen MR) is 90.9 cm³/mol. The molecule has 9 nitrogen and oxygen atoms in total. The van der Waals surface area contributed by atoms with Crippen LogP contribution in [0.5, 0.6) is 0 Å². The van der Waals surface area contributed by atoms with E-state index in [4.69, 9.17) is 23.7 Å². The molecule has 1 fully saturated rings. The Labute approximate surface area is 158 Å². The van der Waals surface area contributed by atoms with E-state index in [2.05, 4.69) is 0 Å². The third-order valence-electron chi connectivity index (χ3n) is 3.77. The lowest BCUT2D eigenvalue weighted by molar-refractivity contribution is -0.219. The largest absolute Gasteiger partial charge is 0.463 e. The van der Waals surface area contributed by atoms with Gasteiger partial charge in [-0.1, -0.05) is 27.7 Å². The van der Waals surface area contributed by atoms with E-state index in [1.165, 1.54) is 6.61 Å². The Morgan fingerprint density at radius 2 is 1.22 bits per heavy atom. The molecule has 0 N–H and O–H groups in total. The molecule has 0 spiro atoms. The number of ether oxygens (including phenoxy) is 5. The summed E-state index contributed by atoms with van der Waals surface area (Å²) < 4.78 is 26.6. The molecule has 1 saturated heterocycles. The van der Waals surface area contributed by atoms with Gasteiger partial charge in [-0.25, -0.2) is 0 Å². The van der Waals surface area contributed by atoms with E-state index in [-0.39, 0.29) is 32.3 Å². The second-order valence-corrected chi connectivity index (χ2v) is 5.77. The minimum Gasteiger partial charge on any atom is -0.463 e. The molecule has 1 heterocycles. The van der Waals surface area contributed by atoms with E-state index in [9.17, 15) is 19.2 Å². The average Bonchev–Trinajstić information content (AvgIpc) is 2.68. The lowest BCUT2D eigenvalue weighted by Crippen LogP contribution is -2.57. The van der Waals surface area contributed by atoms with Crippen molar-refractivity contribution < 1.29 is 42.9 Å². The molecule has 0 amide bonds. The third kappa shape index (κ3) is 7.16. The minimum absolute atomic E-state index is 0.0789. The van der Waals surface area contributed by atoms with Gasteiger partial charge in [-0.15, -0.1) is 0 Å². The third-order valence-corrected chi connectivity index (χ3v) is 3.77. The molecule has 4 atom stereocenters. The van der Waals surface area contributed by atoms with Gasteiger partial charge in [0.2, 0.25) is 0 Å². The van der Waals surface area contributed by atoms with Crippen LogP contribution in [0.2, 0.25) is 0 Å². The second-order valence-electron chi connectivity index (χ2n) is 5.77. The zero-order chi connectivity index (χ0) is 20.4. The summed E-state index contributed by atoms with van der Waals surface area (Å²) in [5.74, 6) is -2.11. The van der Waals surface area contributed by atoms with E-state index in [1.807, 2.05) is 0 Å². The van der Waals surface area contributed by atoms with Crippen LogP contribution in [0.1, 0.15) is 53.4 Å². The van der Waals surface area contributed by atoms with Crippen LogP contribution in [0, 0.1) is 6.61 Å². The molecule has 27 heavy (non-hydrogen) atoms. The standard InChI is InChI=1S/C18H27O9/c1-5-13(19)24-9-11-17(26-15(21)7-3)18(27-16(22)8-4)12(10-23-11)25-14(20)6-2/h10-12,17-18H,5-9H2,1-4H3/t11-,12+,17+,18-/m1/s1. The van der Waals surface area contributed by atoms with Crippen LogP contribution in [0.25, 0.3) is 0 Å². The molecule has 0 aromatic heterocycles. The van der Waals surface area contributed by atoms with Crippen molar-refractivity contribution in [2.45, 2.75) is 77.8 Å². The summed E-state index contributed by atoms with van der Waals surface area (Å²) >= 11 is 0.